The van der Waals surface area contributed by atoms with Crippen LogP contribution in [0.25, 0.3) is 243 Å². The van der Waals surface area contributed by atoms with Crippen LogP contribution in [-0.4, -0.2) is 35.6 Å². The summed E-state index contributed by atoms with van der Waals surface area (Å²) in [5, 5.41) is 20.7. The molecule has 28 rings (SSSR count). The number of thiophene rings is 3. The van der Waals surface area contributed by atoms with Gasteiger partial charge < -0.3 is 18.0 Å². The van der Waals surface area contributed by atoms with E-state index in [-0.39, 0.29) is 5.92 Å². The maximum atomic E-state index is 7.60. The molecular weight excluding hydrogens is 1610 g/mol. The Morgan fingerprint density at radius 1 is 0.339 bits per heavy atom. The molecule has 10 heterocycles. The van der Waals surface area contributed by atoms with E-state index >= 15 is 0 Å². The Morgan fingerprint density at radius 2 is 0.890 bits per heavy atom. The number of aliphatic imine (C=N–C) groups is 2. The van der Waals surface area contributed by atoms with Gasteiger partial charge in [0.1, 0.15) is 22.3 Å². The Balaban J connectivity index is 0.641. The molecule has 0 spiro atoms. The van der Waals surface area contributed by atoms with Crippen molar-refractivity contribution < 1.29 is 8.83 Å². The smallest absolute Gasteiger partial charge is 0.166 e. The molecule has 0 aliphatic carbocycles. The standard InChI is InChI=1S/C115H67N7O2S3/c1-3-64-50-70(39-44-74(64)73-25-9-4-20-62(73)2)113-118-114(72-40-45-80-78-28-12-16-36-103(78)126-107(80)57-72)120-115(119-113)92-61-102-88(59-99(92)121-94-34-14-10-26-75(94)85-51-65-21-5-7-23-67(65)55-96(85)121)82-31-18-30-81(110(82)124-102)83-32-19-33-84-90-53-69(41-46-106(90)127-111(83)84)108-93-48-63-38-43-76-86-52-66-22-6-8-24-68(66)56-97(86)122(95(76)49-63)98-58-87-77-27-11-15-35-100(77)123-101(87)60-91(98)109(93)117-112(116-108)71-42-47-105-89(54-71)79-29-13-17-37-104(79)125-105/h3-47,49-61,93,109H,1,48H2,2H3. The fourth-order valence-electron chi connectivity index (χ4n) is 21.1. The van der Waals surface area contributed by atoms with Crippen molar-refractivity contribution in [1.29, 1.82) is 0 Å². The van der Waals surface area contributed by atoms with Crippen molar-refractivity contribution in [2.45, 2.75) is 19.4 Å². The van der Waals surface area contributed by atoms with Crippen LogP contribution >= 0.6 is 34.0 Å². The number of nitrogens with zero attached hydrogens (tertiary/aromatic N) is 7. The number of aryl methyl sites for hydroxylation is 1. The van der Waals surface area contributed by atoms with Gasteiger partial charge in [-0.15, -0.1) is 34.0 Å². The monoisotopic (exact) mass is 1670 g/mol. The van der Waals surface area contributed by atoms with Gasteiger partial charge in [0.15, 0.2) is 23.3 Å². The van der Waals surface area contributed by atoms with E-state index in [4.69, 9.17) is 33.8 Å². The number of hydrogen-bond donors (Lipinski definition) is 0. The van der Waals surface area contributed by atoms with Crippen LogP contribution in [0.3, 0.4) is 0 Å². The lowest BCUT2D eigenvalue weighted by atomic mass is 9.80. The molecule has 2 atom stereocenters. The summed E-state index contributed by atoms with van der Waals surface area (Å²) >= 11 is 5.44. The largest absolute Gasteiger partial charge is 0.456 e. The van der Waals surface area contributed by atoms with Crippen molar-refractivity contribution in [2.75, 3.05) is 0 Å². The van der Waals surface area contributed by atoms with E-state index in [0.29, 0.717) is 35.3 Å². The van der Waals surface area contributed by atoms with Crippen LogP contribution in [0.1, 0.15) is 39.4 Å². The second kappa shape index (κ2) is 27.0. The fourth-order valence-corrected chi connectivity index (χ4v) is 24.5. The minimum absolute atomic E-state index is 0.215. The number of furan rings is 2. The van der Waals surface area contributed by atoms with Crippen LogP contribution in [0.4, 0.5) is 0 Å². The summed E-state index contributed by atoms with van der Waals surface area (Å²) in [6, 6.07) is 126. The molecule has 2 unspecified atom stereocenters. The predicted octanol–water partition coefficient (Wildman–Crippen LogP) is 31.7. The van der Waals surface area contributed by atoms with Gasteiger partial charge in [0.25, 0.3) is 0 Å². The number of fused-ring (bicyclic) bond motifs is 28. The van der Waals surface area contributed by atoms with Crippen molar-refractivity contribution >= 4 is 221 Å². The highest BCUT2D eigenvalue weighted by Crippen LogP contribution is 2.52. The lowest BCUT2D eigenvalue weighted by molar-refractivity contribution is 0.544. The maximum Gasteiger partial charge on any atom is 0.166 e. The Bertz CT molecular complexity index is 9490. The number of benzene rings is 18. The topological polar surface area (TPSA) is 99.5 Å². The van der Waals surface area contributed by atoms with Crippen LogP contribution in [-0.2, 0) is 6.42 Å². The molecule has 2 aliphatic rings. The van der Waals surface area contributed by atoms with Gasteiger partial charge in [0.2, 0.25) is 0 Å². The van der Waals surface area contributed by atoms with E-state index in [1.807, 2.05) is 28.7 Å². The third-order valence-corrected chi connectivity index (χ3v) is 30.6. The molecule has 2 aliphatic heterocycles. The Morgan fingerprint density at radius 3 is 1.68 bits per heavy atom. The zero-order valence-corrected chi connectivity index (χ0v) is 70.7. The number of rotatable bonds is 9. The number of para-hydroxylation sites is 3. The average Bonchev–Trinajstić information content (AvgIpc) is 1.56. The van der Waals surface area contributed by atoms with E-state index in [0.717, 1.165) is 175 Å². The zero-order valence-electron chi connectivity index (χ0n) is 68.2. The van der Waals surface area contributed by atoms with E-state index in [9.17, 15) is 0 Å². The molecule has 592 valence electrons. The van der Waals surface area contributed by atoms with Crippen molar-refractivity contribution in [2.24, 2.45) is 15.9 Å². The minimum Gasteiger partial charge on any atom is -0.456 e. The second-order valence-corrected chi connectivity index (χ2v) is 37.3. The molecule has 2 bridgehead atoms. The lowest BCUT2D eigenvalue weighted by Crippen LogP contribution is -2.30. The summed E-state index contributed by atoms with van der Waals surface area (Å²) in [6.45, 7) is 6.54. The summed E-state index contributed by atoms with van der Waals surface area (Å²) in [6.07, 6.45) is 2.62. The summed E-state index contributed by atoms with van der Waals surface area (Å²) in [4.78, 5) is 28.9. The normalized spacial score (nSPS) is 14.3. The zero-order chi connectivity index (χ0) is 83.1. The van der Waals surface area contributed by atoms with E-state index in [1.165, 1.54) is 78.4 Å². The first-order valence-corrected chi connectivity index (χ1v) is 45.6. The first-order chi connectivity index (χ1) is 62.7. The number of aromatic nitrogens is 5. The van der Waals surface area contributed by atoms with Crippen LogP contribution in [0.2, 0.25) is 0 Å². The third-order valence-electron chi connectivity index (χ3n) is 27.1. The first-order valence-electron chi connectivity index (χ1n) is 43.1. The molecule has 0 saturated heterocycles. The summed E-state index contributed by atoms with van der Waals surface area (Å²) in [5.74, 6) is 2.08. The highest BCUT2D eigenvalue weighted by atomic mass is 32.1. The van der Waals surface area contributed by atoms with Gasteiger partial charge in [0.05, 0.1) is 45.2 Å². The Labute approximate surface area is 737 Å². The van der Waals surface area contributed by atoms with Gasteiger partial charge >= 0.3 is 0 Å². The molecule has 0 radical (unpaired) electrons. The maximum absolute atomic E-state index is 7.60. The second-order valence-electron chi connectivity index (χ2n) is 34.1. The molecule has 0 N–H and O–H groups in total. The van der Waals surface area contributed by atoms with Gasteiger partial charge in [-0.3, -0.25) is 4.99 Å². The first kappa shape index (κ1) is 70.9. The molecular formula is C115H67N7O2S3. The SMILES string of the molecule is C=Cc1cc(-c2nc(-c3ccc4c(c3)sc3ccccc34)nc(-c3cc4oc5c(-c6cccc7c6sc6ccc(C8=NC(c9ccc%10sc%11ccccc%11c%10c9)=NC9c%10cc%11oc%12ccccc%12c%11cc%10-n%10c%11cc(ccc%11c%11cc%12ccccc%12cc%11%10)CC89)cc67)cccc5c4cc3-n3c4ccccc4c4cc5ccccc5cc43)n2)ccc1-c1ccccc1C. The Hall–Kier alpha value is -15.6. The van der Waals surface area contributed by atoms with Gasteiger partial charge in [-0.1, -0.05) is 237 Å². The van der Waals surface area contributed by atoms with Crippen LogP contribution in [0, 0.1) is 12.8 Å². The molecule has 0 saturated carbocycles. The summed E-state index contributed by atoms with van der Waals surface area (Å²) in [7, 11) is 0. The van der Waals surface area contributed by atoms with Crippen LogP contribution in [0.5, 0.6) is 0 Å². The van der Waals surface area contributed by atoms with Crippen LogP contribution < -0.4 is 0 Å². The summed E-state index contributed by atoms with van der Waals surface area (Å²) < 4.78 is 26.7. The highest BCUT2D eigenvalue weighted by molar-refractivity contribution is 7.27. The van der Waals surface area contributed by atoms with Gasteiger partial charge in [-0.05, 0) is 190 Å². The van der Waals surface area contributed by atoms with E-state index in [2.05, 4.69) is 368 Å². The molecule has 0 amide bonds. The molecule has 26 aromatic rings. The van der Waals surface area contributed by atoms with Gasteiger partial charge in [-0.2, -0.15) is 0 Å². The van der Waals surface area contributed by atoms with Crippen molar-refractivity contribution in [1.82, 2.24) is 24.1 Å². The van der Waals surface area contributed by atoms with E-state index < -0.39 is 6.04 Å². The summed E-state index contributed by atoms with van der Waals surface area (Å²) in [5.41, 5.74) is 23.9. The van der Waals surface area contributed by atoms with Gasteiger partial charge in [-0.25, -0.2) is 19.9 Å². The third kappa shape index (κ3) is 10.7. The lowest BCUT2D eigenvalue weighted by Gasteiger charge is -2.31. The molecule has 127 heavy (non-hydrogen) atoms. The Kier molecular flexibility index (Phi) is 15.1. The van der Waals surface area contributed by atoms with Gasteiger partial charge in [0, 0.05) is 148 Å². The molecule has 0 fully saturated rings. The van der Waals surface area contributed by atoms with Crippen LogP contribution in [0.15, 0.2) is 371 Å². The molecule has 18 aromatic carbocycles. The minimum atomic E-state index is -0.410. The quantitative estimate of drug-likeness (QED) is 0.143. The molecule has 12 heteroatoms. The van der Waals surface area contributed by atoms with Crippen molar-refractivity contribution in [3.63, 3.8) is 0 Å². The number of amidine groups is 1. The van der Waals surface area contributed by atoms with Crippen molar-refractivity contribution in [3.05, 3.63) is 386 Å². The number of hydrogen-bond acceptors (Lipinski definition) is 10. The molecule has 8 aromatic heterocycles. The highest BCUT2D eigenvalue weighted by Gasteiger charge is 2.38. The van der Waals surface area contributed by atoms with E-state index in [1.54, 1.807) is 11.3 Å². The van der Waals surface area contributed by atoms with Crippen molar-refractivity contribution in [3.8, 4) is 67.8 Å². The fraction of sp³-hybridized carbons (Fsp3) is 0.0348. The molecule has 9 nitrogen and oxygen atoms in total. The predicted molar refractivity (Wildman–Crippen MR) is 535 cm³/mol. The average molecular weight is 1680 g/mol.